The number of amides is 1. The summed E-state index contributed by atoms with van der Waals surface area (Å²) in [5, 5.41) is 20.2. The Kier molecular flexibility index (Phi) is 3.07. The largest absolute Gasteiger partial charge is 0.508 e. The molecule has 5 nitrogen and oxygen atoms in total. The molecule has 0 unspecified atom stereocenters. The lowest BCUT2D eigenvalue weighted by Gasteiger charge is -2.06. The van der Waals surface area contributed by atoms with Crippen LogP contribution in [0.5, 0.6) is 5.75 Å². The number of rotatable bonds is 3. The third-order valence-corrected chi connectivity index (χ3v) is 1.68. The second kappa shape index (κ2) is 4.28. The van der Waals surface area contributed by atoms with Crippen molar-refractivity contribution < 1.29 is 19.8 Å². The van der Waals surface area contributed by atoms with Crippen LogP contribution >= 0.6 is 0 Å². The highest BCUT2D eigenvalue weighted by Crippen LogP contribution is 2.21. The zero-order valence-corrected chi connectivity index (χ0v) is 7.73. The first kappa shape index (κ1) is 10.8. The maximum absolute atomic E-state index is 11.0. The van der Waals surface area contributed by atoms with E-state index in [1.54, 1.807) is 0 Å². The molecule has 0 aliphatic rings. The highest BCUT2D eigenvalue weighted by atomic mass is 16.4. The molecule has 1 amide bonds. The van der Waals surface area contributed by atoms with E-state index >= 15 is 0 Å². The molecule has 0 saturated heterocycles. The zero-order chi connectivity index (χ0) is 11.4. The number of aromatic carboxylic acids is 1. The predicted octanol–water partition coefficient (Wildman–Crippen LogP) is 1.21. The van der Waals surface area contributed by atoms with Crippen LogP contribution in [0, 0.1) is 0 Å². The van der Waals surface area contributed by atoms with Gasteiger partial charge in [-0.05, 0) is 24.3 Å². The van der Waals surface area contributed by atoms with Gasteiger partial charge in [0.05, 0.1) is 11.3 Å². The highest BCUT2D eigenvalue weighted by Gasteiger charge is 2.11. The molecular weight excluding hydrogens is 198 g/mol. The van der Waals surface area contributed by atoms with Gasteiger partial charge < -0.3 is 15.5 Å². The van der Waals surface area contributed by atoms with Gasteiger partial charge in [0.2, 0.25) is 5.91 Å². The molecule has 15 heavy (non-hydrogen) atoms. The van der Waals surface area contributed by atoms with Gasteiger partial charge >= 0.3 is 5.97 Å². The molecule has 1 rings (SSSR count). The van der Waals surface area contributed by atoms with E-state index in [0.717, 1.165) is 12.1 Å². The van der Waals surface area contributed by atoms with E-state index in [2.05, 4.69) is 11.9 Å². The molecular formula is C10H9NO4. The number of hydrogen-bond donors (Lipinski definition) is 3. The van der Waals surface area contributed by atoms with Crippen molar-refractivity contribution in [1.82, 2.24) is 0 Å². The molecule has 0 fully saturated rings. The Bertz CT molecular complexity index is 425. The first-order valence-electron chi connectivity index (χ1n) is 4.04. The van der Waals surface area contributed by atoms with E-state index in [0.29, 0.717) is 0 Å². The molecule has 0 aliphatic carbocycles. The van der Waals surface area contributed by atoms with Crippen molar-refractivity contribution >= 4 is 17.6 Å². The number of carboxylic acids is 1. The molecule has 0 spiro atoms. The Balaban J connectivity index is 3.11. The first-order chi connectivity index (χ1) is 7.04. The summed E-state index contributed by atoms with van der Waals surface area (Å²) in [4.78, 5) is 21.7. The minimum Gasteiger partial charge on any atom is -0.508 e. The van der Waals surface area contributed by atoms with Crippen LogP contribution in [0.4, 0.5) is 5.69 Å². The van der Waals surface area contributed by atoms with Gasteiger partial charge in [0.25, 0.3) is 0 Å². The summed E-state index contributed by atoms with van der Waals surface area (Å²) in [6.07, 6.45) is 1.03. The minimum absolute atomic E-state index is 0.116. The number of carbonyl (C=O) groups excluding carboxylic acids is 1. The van der Waals surface area contributed by atoms with Crippen molar-refractivity contribution in [2.24, 2.45) is 0 Å². The molecule has 5 heteroatoms. The predicted molar refractivity (Wildman–Crippen MR) is 53.9 cm³/mol. The lowest BCUT2D eigenvalue weighted by Crippen LogP contribution is -2.11. The third-order valence-electron chi connectivity index (χ3n) is 1.68. The fourth-order valence-corrected chi connectivity index (χ4v) is 1.00. The van der Waals surface area contributed by atoms with Crippen LogP contribution in [-0.2, 0) is 4.79 Å². The normalized spacial score (nSPS) is 9.33. The van der Waals surface area contributed by atoms with E-state index in [1.807, 2.05) is 0 Å². The number of hydrogen-bond acceptors (Lipinski definition) is 3. The van der Waals surface area contributed by atoms with Gasteiger partial charge in [0.15, 0.2) is 0 Å². The Morgan fingerprint density at radius 3 is 2.60 bits per heavy atom. The van der Waals surface area contributed by atoms with Crippen molar-refractivity contribution in [2.45, 2.75) is 0 Å². The van der Waals surface area contributed by atoms with Crippen LogP contribution in [-0.4, -0.2) is 22.1 Å². The van der Waals surface area contributed by atoms with Crippen molar-refractivity contribution in [3.63, 3.8) is 0 Å². The lowest BCUT2D eigenvalue weighted by molar-refractivity contribution is -0.111. The van der Waals surface area contributed by atoms with E-state index in [1.165, 1.54) is 12.1 Å². The van der Waals surface area contributed by atoms with Crippen LogP contribution in [0.25, 0.3) is 0 Å². The molecule has 1 aromatic rings. The molecule has 3 N–H and O–H groups in total. The smallest absolute Gasteiger partial charge is 0.337 e. The van der Waals surface area contributed by atoms with Gasteiger partial charge in [0, 0.05) is 0 Å². The molecule has 0 heterocycles. The number of phenols is 1. The molecule has 0 saturated carbocycles. The molecule has 0 radical (unpaired) electrons. The van der Waals surface area contributed by atoms with Crippen LogP contribution in [0.1, 0.15) is 10.4 Å². The number of benzene rings is 1. The molecule has 0 bridgehead atoms. The third kappa shape index (κ3) is 2.57. The fraction of sp³-hybridized carbons (Fsp3) is 0. The van der Waals surface area contributed by atoms with E-state index < -0.39 is 11.9 Å². The average Bonchev–Trinajstić information content (AvgIpc) is 2.20. The quantitative estimate of drug-likeness (QED) is 0.513. The number of nitrogens with one attached hydrogen (secondary N) is 1. The summed E-state index contributed by atoms with van der Waals surface area (Å²) >= 11 is 0. The molecule has 0 atom stereocenters. The van der Waals surface area contributed by atoms with Gasteiger partial charge in [-0.15, -0.1) is 0 Å². The Labute approximate surface area is 85.7 Å². The SMILES string of the molecule is C=CC(=O)Nc1ccc(O)cc1C(=O)O. The van der Waals surface area contributed by atoms with Gasteiger partial charge in [0.1, 0.15) is 5.75 Å². The molecule has 0 aromatic heterocycles. The Hall–Kier alpha value is -2.30. The highest BCUT2D eigenvalue weighted by molar-refractivity contribution is 6.04. The van der Waals surface area contributed by atoms with Gasteiger partial charge in [-0.2, -0.15) is 0 Å². The van der Waals surface area contributed by atoms with E-state index in [9.17, 15) is 9.59 Å². The number of anilines is 1. The summed E-state index contributed by atoms with van der Waals surface area (Å²) in [7, 11) is 0. The van der Waals surface area contributed by atoms with Crippen molar-refractivity contribution in [3.8, 4) is 5.75 Å². The molecule has 1 aromatic carbocycles. The van der Waals surface area contributed by atoms with Gasteiger partial charge in [-0.25, -0.2) is 4.79 Å². The van der Waals surface area contributed by atoms with Gasteiger partial charge in [-0.1, -0.05) is 6.58 Å². The summed E-state index contributed by atoms with van der Waals surface area (Å²) in [6, 6.07) is 3.65. The van der Waals surface area contributed by atoms with Crippen LogP contribution in [0.15, 0.2) is 30.9 Å². The molecule has 0 aliphatic heterocycles. The fourth-order valence-electron chi connectivity index (χ4n) is 1.00. The van der Waals surface area contributed by atoms with Crippen molar-refractivity contribution in [2.75, 3.05) is 5.32 Å². The Morgan fingerprint density at radius 1 is 1.40 bits per heavy atom. The number of carbonyl (C=O) groups is 2. The monoisotopic (exact) mass is 207 g/mol. The van der Waals surface area contributed by atoms with Crippen LogP contribution in [0.2, 0.25) is 0 Å². The topological polar surface area (TPSA) is 86.6 Å². The number of aromatic hydroxyl groups is 1. The maximum Gasteiger partial charge on any atom is 0.337 e. The second-order valence-electron chi connectivity index (χ2n) is 2.73. The molecule has 78 valence electrons. The summed E-state index contributed by atoms with van der Waals surface area (Å²) in [5.74, 6) is -1.92. The summed E-state index contributed by atoms with van der Waals surface area (Å²) in [5.41, 5.74) is -0.0598. The minimum atomic E-state index is -1.23. The maximum atomic E-state index is 11.0. The standard InChI is InChI=1S/C10H9NO4/c1-2-9(13)11-8-4-3-6(12)5-7(8)10(14)15/h2-5,12H,1H2,(H,11,13)(H,14,15). The van der Waals surface area contributed by atoms with Crippen LogP contribution < -0.4 is 5.32 Å². The average molecular weight is 207 g/mol. The summed E-state index contributed by atoms with van der Waals surface area (Å²) in [6.45, 7) is 3.24. The number of carboxylic acid groups (broad SMARTS) is 1. The summed E-state index contributed by atoms with van der Waals surface area (Å²) < 4.78 is 0. The van der Waals surface area contributed by atoms with Crippen molar-refractivity contribution in [1.29, 1.82) is 0 Å². The first-order valence-corrected chi connectivity index (χ1v) is 4.04. The van der Waals surface area contributed by atoms with E-state index in [4.69, 9.17) is 10.2 Å². The second-order valence-corrected chi connectivity index (χ2v) is 2.73. The van der Waals surface area contributed by atoms with E-state index in [-0.39, 0.29) is 17.0 Å². The van der Waals surface area contributed by atoms with Crippen LogP contribution in [0.3, 0.4) is 0 Å². The lowest BCUT2D eigenvalue weighted by atomic mass is 10.1. The number of phenolic OH excluding ortho intramolecular Hbond substituents is 1. The van der Waals surface area contributed by atoms with Gasteiger partial charge in [-0.3, -0.25) is 4.79 Å². The zero-order valence-electron chi connectivity index (χ0n) is 7.73. The Morgan fingerprint density at radius 2 is 2.07 bits per heavy atom. The van der Waals surface area contributed by atoms with Crippen molar-refractivity contribution in [3.05, 3.63) is 36.4 Å².